The highest BCUT2D eigenvalue weighted by atomic mass is 32.1. The van der Waals surface area contributed by atoms with E-state index >= 15 is 0 Å². The summed E-state index contributed by atoms with van der Waals surface area (Å²) in [6, 6.07) is 10.6. The number of amides is 1. The zero-order chi connectivity index (χ0) is 18.3. The molecule has 26 heavy (non-hydrogen) atoms. The maximum atomic E-state index is 12.8. The van der Waals surface area contributed by atoms with Crippen LogP contribution < -0.4 is 5.43 Å². The summed E-state index contributed by atoms with van der Waals surface area (Å²) in [5.74, 6) is -0.178. The number of benzene rings is 1. The van der Waals surface area contributed by atoms with E-state index in [0.29, 0.717) is 23.9 Å². The van der Waals surface area contributed by atoms with Gasteiger partial charge in [-0.3, -0.25) is 9.59 Å². The molecule has 3 heterocycles. The smallest absolute Gasteiger partial charge is 0.270 e. The van der Waals surface area contributed by atoms with E-state index in [1.807, 2.05) is 11.4 Å². The van der Waals surface area contributed by atoms with Crippen molar-refractivity contribution < 1.29 is 9.90 Å². The summed E-state index contributed by atoms with van der Waals surface area (Å²) < 4.78 is 0. The van der Waals surface area contributed by atoms with E-state index in [0.717, 1.165) is 0 Å². The zero-order valence-corrected chi connectivity index (χ0v) is 15.3. The second kappa shape index (κ2) is 6.70. The van der Waals surface area contributed by atoms with Crippen LogP contribution in [0.25, 0.3) is 10.9 Å². The minimum Gasteiger partial charge on any atom is -0.391 e. The highest BCUT2D eigenvalue weighted by molar-refractivity contribution is 7.10. The van der Waals surface area contributed by atoms with Crippen molar-refractivity contribution in [3.8, 4) is 0 Å². The number of pyridine rings is 1. The molecule has 2 N–H and O–H groups in total. The van der Waals surface area contributed by atoms with E-state index in [1.54, 1.807) is 34.4 Å². The number of hydrogen-bond donors (Lipinski definition) is 2. The van der Waals surface area contributed by atoms with Crippen LogP contribution in [0.4, 0.5) is 0 Å². The first-order chi connectivity index (χ1) is 12.5. The van der Waals surface area contributed by atoms with Crippen molar-refractivity contribution in [1.82, 2.24) is 9.88 Å². The number of aromatic amines is 1. The Morgan fingerprint density at radius 1 is 1.31 bits per heavy atom. The van der Waals surface area contributed by atoms with Gasteiger partial charge in [0, 0.05) is 40.9 Å². The van der Waals surface area contributed by atoms with Gasteiger partial charge in [0.25, 0.3) is 5.91 Å². The number of rotatable bonds is 2. The van der Waals surface area contributed by atoms with Gasteiger partial charge in [0.05, 0.1) is 6.10 Å². The maximum Gasteiger partial charge on any atom is 0.270 e. The number of thiophene rings is 1. The molecule has 0 unspecified atom stereocenters. The molecule has 5 nitrogen and oxygen atoms in total. The zero-order valence-electron chi connectivity index (χ0n) is 14.4. The number of nitrogens with one attached hydrogen (secondary N) is 1. The minimum atomic E-state index is -0.600. The number of β-amino-alcohol motifs (C(OH)–C–C–N with tert-alkyl or cyclic N) is 1. The van der Waals surface area contributed by atoms with Crippen molar-refractivity contribution in [2.24, 2.45) is 0 Å². The predicted octanol–water partition coefficient (Wildman–Crippen LogP) is 2.89. The minimum absolute atomic E-state index is 0.0645. The Morgan fingerprint density at radius 2 is 2.12 bits per heavy atom. The molecule has 134 valence electrons. The Bertz CT molecular complexity index is 1020. The Balaban J connectivity index is 1.57. The number of para-hydroxylation sites is 1. The number of fused-ring (bicyclic) bond motifs is 1. The molecule has 1 fully saturated rings. The van der Waals surface area contributed by atoms with Gasteiger partial charge in [-0.05, 0) is 42.5 Å². The molecule has 1 aromatic carbocycles. The quantitative estimate of drug-likeness (QED) is 0.730. The summed E-state index contributed by atoms with van der Waals surface area (Å²) in [7, 11) is 0. The number of piperidine rings is 1. The molecule has 1 aliphatic heterocycles. The number of carbonyl (C=O) groups is 1. The normalized spacial score (nSPS) is 20.5. The average molecular weight is 368 g/mol. The fourth-order valence-corrected chi connectivity index (χ4v) is 4.79. The molecule has 2 atom stereocenters. The summed E-state index contributed by atoms with van der Waals surface area (Å²) in [5, 5.41) is 13.2. The topological polar surface area (TPSA) is 73.4 Å². The molecular weight excluding hydrogens is 348 g/mol. The van der Waals surface area contributed by atoms with Crippen molar-refractivity contribution in [1.29, 1.82) is 0 Å². The van der Waals surface area contributed by atoms with Crippen LogP contribution >= 0.6 is 11.3 Å². The van der Waals surface area contributed by atoms with Crippen LogP contribution in [0, 0.1) is 6.92 Å². The first kappa shape index (κ1) is 17.0. The van der Waals surface area contributed by atoms with Gasteiger partial charge in [-0.1, -0.05) is 12.1 Å². The molecule has 0 saturated carbocycles. The van der Waals surface area contributed by atoms with E-state index in [1.165, 1.54) is 16.5 Å². The van der Waals surface area contributed by atoms with Gasteiger partial charge in [0.1, 0.15) is 5.69 Å². The van der Waals surface area contributed by atoms with Crippen LogP contribution in [0.1, 0.15) is 33.3 Å². The number of H-pyrrole nitrogens is 1. The summed E-state index contributed by atoms with van der Waals surface area (Å²) in [6.07, 6.45) is 0.115. The molecule has 4 rings (SSSR count). The second-order valence-corrected chi connectivity index (χ2v) is 7.72. The third kappa shape index (κ3) is 2.95. The van der Waals surface area contributed by atoms with Crippen LogP contribution in [0.3, 0.4) is 0 Å². The van der Waals surface area contributed by atoms with Gasteiger partial charge in [0.2, 0.25) is 0 Å². The van der Waals surface area contributed by atoms with E-state index in [4.69, 9.17) is 0 Å². The number of aryl methyl sites for hydroxylation is 1. The summed E-state index contributed by atoms with van der Waals surface area (Å²) in [4.78, 5) is 31.0. The molecular formula is C20H20N2O3S. The van der Waals surface area contributed by atoms with Crippen molar-refractivity contribution in [3.05, 3.63) is 68.1 Å². The van der Waals surface area contributed by atoms with E-state index in [-0.39, 0.29) is 29.5 Å². The molecule has 2 aromatic heterocycles. The number of likely N-dealkylation sites (tertiary alicyclic amines) is 1. The monoisotopic (exact) mass is 368 g/mol. The molecule has 0 spiro atoms. The Hall–Kier alpha value is -2.44. The summed E-state index contributed by atoms with van der Waals surface area (Å²) >= 11 is 1.66. The molecule has 6 heteroatoms. The van der Waals surface area contributed by atoms with Gasteiger partial charge in [-0.2, -0.15) is 0 Å². The number of hydrogen-bond acceptors (Lipinski definition) is 4. The lowest BCUT2D eigenvalue weighted by molar-refractivity contribution is 0.0383. The van der Waals surface area contributed by atoms with Gasteiger partial charge in [0.15, 0.2) is 5.43 Å². The molecule has 1 saturated heterocycles. The van der Waals surface area contributed by atoms with Crippen molar-refractivity contribution in [2.45, 2.75) is 25.4 Å². The largest absolute Gasteiger partial charge is 0.391 e. The summed E-state index contributed by atoms with van der Waals surface area (Å²) in [5.41, 5.74) is 1.93. The molecule has 3 aromatic rings. The van der Waals surface area contributed by atoms with E-state index in [2.05, 4.69) is 18.0 Å². The lowest BCUT2D eigenvalue weighted by Gasteiger charge is -2.35. The second-order valence-electron chi connectivity index (χ2n) is 6.77. The molecule has 1 amide bonds. The third-order valence-corrected chi connectivity index (χ3v) is 6.23. The van der Waals surface area contributed by atoms with Crippen LogP contribution in [-0.4, -0.2) is 40.1 Å². The highest BCUT2D eigenvalue weighted by Crippen LogP contribution is 2.34. The lowest BCUT2D eigenvalue weighted by Crippen LogP contribution is -2.46. The standard InChI is InChI=1S/C20H20N2O3S/c1-12-7-9-26-19(12)14-6-8-22(11-18(14)24)20(25)16-10-17(23)13-4-2-3-5-15(13)21-16/h2-5,7,9-10,14,18,24H,6,8,11H2,1H3,(H,21,23)/t14-,18-/m1/s1. The first-order valence-electron chi connectivity index (χ1n) is 8.68. The van der Waals surface area contributed by atoms with Crippen molar-refractivity contribution in [2.75, 3.05) is 13.1 Å². The van der Waals surface area contributed by atoms with Crippen LogP contribution in [0.5, 0.6) is 0 Å². The van der Waals surface area contributed by atoms with E-state index in [9.17, 15) is 14.7 Å². The summed E-state index contributed by atoms with van der Waals surface area (Å²) in [6.45, 7) is 2.89. The molecule has 1 aliphatic rings. The predicted molar refractivity (Wildman–Crippen MR) is 103 cm³/mol. The average Bonchev–Trinajstić information content (AvgIpc) is 3.06. The van der Waals surface area contributed by atoms with Gasteiger partial charge < -0.3 is 15.0 Å². The number of aliphatic hydroxyl groups is 1. The Labute approximate surface area is 154 Å². The van der Waals surface area contributed by atoms with Gasteiger partial charge >= 0.3 is 0 Å². The number of carbonyl (C=O) groups excluding carboxylic acids is 1. The SMILES string of the molecule is Cc1ccsc1[C@@H]1CCN(C(=O)c2cc(=O)c3ccccc3[nH]2)C[C@H]1O. The molecule has 0 radical (unpaired) electrons. The van der Waals surface area contributed by atoms with Gasteiger partial charge in [-0.15, -0.1) is 11.3 Å². The maximum absolute atomic E-state index is 12.8. The fraction of sp³-hybridized carbons (Fsp3) is 0.300. The Kier molecular flexibility index (Phi) is 4.38. The molecule has 0 bridgehead atoms. The van der Waals surface area contributed by atoms with Crippen LogP contribution in [-0.2, 0) is 0 Å². The third-order valence-electron chi connectivity index (χ3n) is 5.08. The van der Waals surface area contributed by atoms with Crippen LogP contribution in [0.15, 0.2) is 46.6 Å². The van der Waals surface area contributed by atoms with E-state index < -0.39 is 6.10 Å². The highest BCUT2D eigenvalue weighted by Gasteiger charge is 2.33. The lowest BCUT2D eigenvalue weighted by atomic mass is 9.90. The molecule has 0 aliphatic carbocycles. The number of aliphatic hydroxyl groups excluding tert-OH is 1. The number of aromatic nitrogens is 1. The van der Waals surface area contributed by atoms with Crippen molar-refractivity contribution >= 4 is 28.1 Å². The fourth-order valence-electron chi connectivity index (χ4n) is 3.67. The van der Waals surface area contributed by atoms with Gasteiger partial charge in [-0.25, -0.2) is 0 Å². The van der Waals surface area contributed by atoms with Crippen LogP contribution in [0.2, 0.25) is 0 Å². The number of nitrogens with zero attached hydrogens (tertiary/aromatic N) is 1. The van der Waals surface area contributed by atoms with Crippen molar-refractivity contribution in [3.63, 3.8) is 0 Å². The Morgan fingerprint density at radius 3 is 2.85 bits per heavy atom. The first-order valence-corrected chi connectivity index (χ1v) is 9.56.